The van der Waals surface area contributed by atoms with Gasteiger partial charge >= 0.3 is 0 Å². The van der Waals surface area contributed by atoms with Gasteiger partial charge in [0.1, 0.15) is 5.75 Å². The normalized spacial score (nSPS) is 11.4. The van der Waals surface area contributed by atoms with Gasteiger partial charge in [-0.05, 0) is 59.7 Å². The van der Waals surface area contributed by atoms with E-state index in [-0.39, 0.29) is 4.90 Å². The van der Waals surface area contributed by atoms with Crippen molar-refractivity contribution in [3.63, 3.8) is 0 Å². The van der Waals surface area contributed by atoms with Crippen LogP contribution in [0.1, 0.15) is 5.56 Å². The summed E-state index contributed by atoms with van der Waals surface area (Å²) in [7, 11) is -2.02. The first-order valence-corrected chi connectivity index (χ1v) is 8.63. The van der Waals surface area contributed by atoms with Gasteiger partial charge < -0.3 is 4.74 Å². The van der Waals surface area contributed by atoms with Gasteiger partial charge in [-0.15, -0.1) is 0 Å². The van der Waals surface area contributed by atoms with Crippen molar-refractivity contribution in [1.29, 1.82) is 0 Å². The Balaban J connectivity index is 1.97. The average Bonchev–Trinajstić information content (AvgIpc) is 2.53. The number of rotatable bonds is 4. The molecule has 118 valence electrons. The summed E-state index contributed by atoms with van der Waals surface area (Å²) in [5.41, 5.74) is 1.55. The van der Waals surface area contributed by atoms with E-state index in [0.717, 1.165) is 22.1 Å². The highest BCUT2D eigenvalue weighted by Crippen LogP contribution is 2.25. The maximum atomic E-state index is 12.5. The minimum atomic E-state index is -3.62. The topological polar surface area (TPSA) is 55.4 Å². The molecule has 4 nitrogen and oxygen atoms in total. The van der Waals surface area contributed by atoms with Crippen LogP contribution in [0.5, 0.6) is 5.75 Å². The Morgan fingerprint density at radius 3 is 2.39 bits per heavy atom. The number of ether oxygens (including phenoxy) is 1. The zero-order valence-corrected chi connectivity index (χ0v) is 13.7. The standard InChI is InChI=1S/C18H17NO3S/c1-13-4-3-5-16(10-13)19-23(20,21)18-9-7-14-11-17(22-2)8-6-15(14)12-18/h3-12,19H,1-2H3. The zero-order chi connectivity index (χ0) is 16.4. The van der Waals surface area contributed by atoms with Gasteiger partial charge in [0, 0.05) is 5.69 Å². The van der Waals surface area contributed by atoms with Crippen molar-refractivity contribution in [1.82, 2.24) is 0 Å². The Bertz CT molecular complexity index is 965. The number of methoxy groups -OCH3 is 1. The number of hydrogen-bond acceptors (Lipinski definition) is 3. The highest BCUT2D eigenvalue weighted by Gasteiger charge is 2.14. The van der Waals surface area contributed by atoms with Crippen LogP contribution in [-0.2, 0) is 10.0 Å². The first kappa shape index (κ1) is 15.4. The molecular weight excluding hydrogens is 310 g/mol. The Morgan fingerprint density at radius 1 is 0.913 bits per heavy atom. The lowest BCUT2D eigenvalue weighted by atomic mass is 10.1. The van der Waals surface area contributed by atoms with Crippen molar-refractivity contribution in [3.05, 3.63) is 66.2 Å². The maximum Gasteiger partial charge on any atom is 0.261 e. The smallest absolute Gasteiger partial charge is 0.261 e. The largest absolute Gasteiger partial charge is 0.497 e. The Kier molecular flexibility index (Phi) is 3.96. The van der Waals surface area contributed by atoms with Crippen LogP contribution in [0.25, 0.3) is 10.8 Å². The summed E-state index contributed by atoms with van der Waals surface area (Å²) in [6.07, 6.45) is 0. The number of benzene rings is 3. The molecule has 0 aliphatic carbocycles. The van der Waals surface area contributed by atoms with E-state index in [9.17, 15) is 8.42 Å². The molecule has 3 aromatic carbocycles. The molecule has 1 N–H and O–H groups in total. The highest BCUT2D eigenvalue weighted by molar-refractivity contribution is 7.92. The predicted octanol–water partition coefficient (Wildman–Crippen LogP) is 3.96. The molecule has 5 heteroatoms. The van der Waals surface area contributed by atoms with Crippen LogP contribution in [0.15, 0.2) is 65.6 Å². The van der Waals surface area contributed by atoms with Crippen LogP contribution in [0.4, 0.5) is 5.69 Å². The van der Waals surface area contributed by atoms with Gasteiger partial charge in [-0.2, -0.15) is 0 Å². The summed E-state index contributed by atoms with van der Waals surface area (Å²) >= 11 is 0. The molecule has 0 unspecified atom stereocenters. The van der Waals surface area contributed by atoms with Crippen molar-refractivity contribution in [2.24, 2.45) is 0 Å². The summed E-state index contributed by atoms with van der Waals surface area (Å²) in [6, 6.07) is 17.8. The van der Waals surface area contributed by atoms with E-state index in [1.165, 1.54) is 0 Å². The van der Waals surface area contributed by atoms with E-state index in [1.54, 1.807) is 37.4 Å². The number of fused-ring (bicyclic) bond motifs is 1. The summed E-state index contributed by atoms with van der Waals surface area (Å²) in [6.45, 7) is 1.92. The van der Waals surface area contributed by atoms with Crippen LogP contribution in [0.3, 0.4) is 0 Å². The molecule has 23 heavy (non-hydrogen) atoms. The number of aryl methyl sites for hydroxylation is 1. The summed E-state index contributed by atoms with van der Waals surface area (Å²) in [5, 5.41) is 1.77. The molecule has 0 bridgehead atoms. The van der Waals surface area contributed by atoms with Gasteiger partial charge in [0.05, 0.1) is 12.0 Å². The zero-order valence-electron chi connectivity index (χ0n) is 12.9. The van der Waals surface area contributed by atoms with Gasteiger partial charge in [-0.1, -0.05) is 24.3 Å². The third-order valence-electron chi connectivity index (χ3n) is 3.60. The Morgan fingerprint density at radius 2 is 1.65 bits per heavy atom. The van der Waals surface area contributed by atoms with Crippen molar-refractivity contribution in [3.8, 4) is 5.75 Å². The van der Waals surface area contributed by atoms with Gasteiger partial charge in [0.2, 0.25) is 0 Å². The van der Waals surface area contributed by atoms with Crippen LogP contribution in [0, 0.1) is 6.92 Å². The maximum absolute atomic E-state index is 12.5. The number of anilines is 1. The number of hydrogen-bond donors (Lipinski definition) is 1. The van der Waals surface area contributed by atoms with E-state index in [1.807, 2.05) is 37.3 Å². The van der Waals surface area contributed by atoms with E-state index in [0.29, 0.717) is 5.69 Å². The first-order valence-electron chi connectivity index (χ1n) is 7.15. The van der Waals surface area contributed by atoms with E-state index >= 15 is 0 Å². The molecule has 0 fully saturated rings. The van der Waals surface area contributed by atoms with E-state index in [2.05, 4.69) is 4.72 Å². The predicted molar refractivity (Wildman–Crippen MR) is 92.5 cm³/mol. The quantitative estimate of drug-likeness (QED) is 0.789. The van der Waals surface area contributed by atoms with E-state index < -0.39 is 10.0 Å². The molecule has 0 amide bonds. The lowest BCUT2D eigenvalue weighted by Gasteiger charge is -2.10. The van der Waals surface area contributed by atoms with Crippen molar-refractivity contribution in [2.75, 3.05) is 11.8 Å². The second kappa shape index (κ2) is 5.93. The summed E-state index contributed by atoms with van der Waals surface area (Å²) in [5.74, 6) is 0.742. The molecule has 0 aromatic heterocycles. The second-order valence-corrected chi connectivity index (χ2v) is 7.03. The third kappa shape index (κ3) is 3.29. The minimum absolute atomic E-state index is 0.233. The first-order chi connectivity index (χ1) is 11.0. The minimum Gasteiger partial charge on any atom is -0.497 e. The van der Waals surface area contributed by atoms with Crippen LogP contribution >= 0.6 is 0 Å². The van der Waals surface area contributed by atoms with Crippen molar-refractivity contribution in [2.45, 2.75) is 11.8 Å². The fraction of sp³-hybridized carbons (Fsp3) is 0.111. The van der Waals surface area contributed by atoms with Gasteiger partial charge in [-0.25, -0.2) is 8.42 Å². The van der Waals surface area contributed by atoms with E-state index in [4.69, 9.17) is 4.74 Å². The summed E-state index contributed by atoms with van der Waals surface area (Å²) < 4.78 is 32.9. The molecule has 0 radical (unpaired) electrons. The lowest BCUT2D eigenvalue weighted by Crippen LogP contribution is -2.12. The SMILES string of the molecule is COc1ccc2cc(S(=O)(=O)Nc3cccc(C)c3)ccc2c1. The molecule has 0 saturated heterocycles. The molecule has 0 spiro atoms. The van der Waals surface area contributed by atoms with Gasteiger partial charge in [0.25, 0.3) is 10.0 Å². The highest BCUT2D eigenvalue weighted by atomic mass is 32.2. The molecule has 3 rings (SSSR count). The Hall–Kier alpha value is -2.53. The second-order valence-electron chi connectivity index (χ2n) is 5.35. The molecule has 0 aliphatic rings. The molecule has 3 aromatic rings. The Labute approximate surface area is 135 Å². The average molecular weight is 327 g/mol. The number of nitrogens with one attached hydrogen (secondary N) is 1. The van der Waals surface area contributed by atoms with Crippen molar-refractivity contribution >= 4 is 26.5 Å². The monoisotopic (exact) mass is 327 g/mol. The molecular formula is C18H17NO3S. The van der Waals surface area contributed by atoms with Gasteiger partial charge in [0.15, 0.2) is 0 Å². The summed E-state index contributed by atoms with van der Waals surface area (Å²) in [4.78, 5) is 0.233. The van der Waals surface area contributed by atoms with Crippen LogP contribution in [-0.4, -0.2) is 15.5 Å². The molecule has 0 aliphatic heterocycles. The molecule has 0 atom stereocenters. The molecule has 0 heterocycles. The lowest BCUT2D eigenvalue weighted by molar-refractivity contribution is 0.415. The molecule has 0 saturated carbocycles. The fourth-order valence-electron chi connectivity index (χ4n) is 2.42. The van der Waals surface area contributed by atoms with Crippen LogP contribution < -0.4 is 9.46 Å². The van der Waals surface area contributed by atoms with Crippen molar-refractivity contribution < 1.29 is 13.2 Å². The van der Waals surface area contributed by atoms with Crippen LogP contribution in [0.2, 0.25) is 0 Å². The number of sulfonamides is 1. The fourth-order valence-corrected chi connectivity index (χ4v) is 3.50. The van der Waals surface area contributed by atoms with Gasteiger partial charge in [-0.3, -0.25) is 4.72 Å². The third-order valence-corrected chi connectivity index (χ3v) is 4.98.